The molecule has 0 aliphatic rings. The molecule has 0 spiro atoms. The standard InChI is InChI=1S/C20H20N4O4S/c1-4-26-15-7-5-13(11-17(15)25-3)18-22-23-19(28-18)16-8-6-14(27-16)12-29-20-21-9-10-24(20)2/h5-11H,4,12H2,1-3H3. The first kappa shape index (κ1) is 19.1. The number of thioether (sulfide) groups is 1. The van der Waals surface area contributed by atoms with Gasteiger partial charge in [0, 0.05) is 25.0 Å². The molecule has 29 heavy (non-hydrogen) atoms. The molecule has 0 N–H and O–H groups in total. The van der Waals surface area contributed by atoms with E-state index in [0.717, 1.165) is 16.5 Å². The Morgan fingerprint density at radius 2 is 1.93 bits per heavy atom. The third-order valence-corrected chi connectivity index (χ3v) is 5.21. The van der Waals surface area contributed by atoms with Crippen LogP contribution in [-0.4, -0.2) is 33.5 Å². The van der Waals surface area contributed by atoms with Gasteiger partial charge in [0.25, 0.3) is 5.89 Å². The Balaban J connectivity index is 1.49. The monoisotopic (exact) mass is 412 g/mol. The van der Waals surface area contributed by atoms with E-state index < -0.39 is 0 Å². The van der Waals surface area contributed by atoms with Crippen molar-refractivity contribution in [3.8, 4) is 34.6 Å². The van der Waals surface area contributed by atoms with Gasteiger partial charge in [0.2, 0.25) is 5.89 Å². The van der Waals surface area contributed by atoms with Gasteiger partial charge in [-0.15, -0.1) is 10.2 Å². The number of rotatable bonds is 8. The van der Waals surface area contributed by atoms with Gasteiger partial charge in [-0.25, -0.2) is 4.98 Å². The molecule has 0 saturated carbocycles. The highest BCUT2D eigenvalue weighted by molar-refractivity contribution is 7.98. The number of methoxy groups -OCH3 is 1. The molecule has 0 aliphatic carbocycles. The van der Waals surface area contributed by atoms with Gasteiger partial charge in [-0.1, -0.05) is 11.8 Å². The Hall–Kier alpha value is -3.20. The lowest BCUT2D eigenvalue weighted by molar-refractivity contribution is 0.311. The zero-order chi connectivity index (χ0) is 20.2. The zero-order valence-electron chi connectivity index (χ0n) is 16.3. The Labute approximate surface area is 171 Å². The first-order valence-electron chi connectivity index (χ1n) is 9.02. The minimum atomic E-state index is 0.320. The van der Waals surface area contributed by atoms with Gasteiger partial charge in [-0.2, -0.15) is 0 Å². The van der Waals surface area contributed by atoms with Crippen molar-refractivity contribution < 1.29 is 18.3 Å². The molecule has 0 amide bonds. The van der Waals surface area contributed by atoms with Crippen molar-refractivity contribution in [2.75, 3.05) is 13.7 Å². The number of ether oxygens (including phenoxy) is 2. The third-order valence-electron chi connectivity index (χ3n) is 4.13. The van der Waals surface area contributed by atoms with Crippen LogP contribution in [0.5, 0.6) is 11.5 Å². The van der Waals surface area contributed by atoms with Crippen LogP contribution in [-0.2, 0) is 12.8 Å². The SMILES string of the molecule is CCOc1ccc(-c2nnc(-c3ccc(CSc4nccn4C)o3)o2)cc1OC. The number of furan rings is 1. The van der Waals surface area contributed by atoms with Crippen LogP contribution in [0.15, 0.2) is 56.7 Å². The van der Waals surface area contributed by atoms with Gasteiger partial charge in [-0.05, 0) is 37.3 Å². The summed E-state index contributed by atoms with van der Waals surface area (Å²) in [5, 5.41) is 9.16. The Morgan fingerprint density at radius 3 is 2.69 bits per heavy atom. The molecule has 150 valence electrons. The van der Waals surface area contributed by atoms with Crippen molar-refractivity contribution in [2.45, 2.75) is 17.8 Å². The molecule has 0 bridgehead atoms. The van der Waals surface area contributed by atoms with Crippen molar-refractivity contribution in [3.05, 3.63) is 48.5 Å². The van der Waals surface area contributed by atoms with Crippen LogP contribution in [0.4, 0.5) is 0 Å². The lowest BCUT2D eigenvalue weighted by atomic mass is 10.2. The van der Waals surface area contributed by atoms with Crippen LogP contribution in [0.1, 0.15) is 12.7 Å². The van der Waals surface area contributed by atoms with Crippen LogP contribution in [0.25, 0.3) is 23.1 Å². The Kier molecular flexibility index (Phi) is 5.57. The van der Waals surface area contributed by atoms with Gasteiger partial charge in [0.1, 0.15) is 5.76 Å². The van der Waals surface area contributed by atoms with Gasteiger partial charge < -0.3 is 22.9 Å². The quantitative estimate of drug-likeness (QED) is 0.393. The molecule has 9 heteroatoms. The Morgan fingerprint density at radius 1 is 1.07 bits per heavy atom. The maximum Gasteiger partial charge on any atom is 0.283 e. The summed E-state index contributed by atoms with van der Waals surface area (Å²) >= 11 is 1.59. The topological polar surface area (TPSA) is 88.3 Å². The molecule has 0 saturated heterocycles. The minimum Gasteiger partial charge on any atom is -0.493 e. The van der Waals surface area contributed by atoms with E-state index in [-0.39, 0.29) is 0 Å². The molecule has 0 fully saturated rings. The second-order valence-electron chi connectivity index (χ2n) is 6.09. The number of aromatic nitrogens is 4. The molecule has 3 aromatic heterocycles. The number of hydrogen-bond acceptors (Lipinski definition) is 8. The predicted octanol–water partition coefficient (Wildman–Crippen LogP) is 4.43. The van der Waals surface area contributed by atoms with Gasteiger partial charge >= 0.3 is 0 Å². The molecule has 3 heterocycles. The minimum absolute atomic E-state index is 0.320. The zero-order valence-corrected chi connectivity index (χ0v) is 17.1. The summed E-state index contributed by atoms with van der Waals surface area (Å²) < 4.78 is 24.5. The highest BCUT2D eigenvalue weighted by Crippen LogP contribution is 2.33. The number of aryl methyl sites for hydroxylation is 1. The molecule has 0 radical (unpaired) electrons. The number of imidazole rings is 1. The van der Waals surface area contributed by atoms with E-state index in [4.69, 9.17) is 18.3 Å². The smallest absolute Gasteiger partial charge is 0.283 e. The molecule has 0 atom stereocenters. The van der Waals surface area contributed by atoms with E-state index in [0.29, 0.717) is 41.4 Å². The molecule has 4 rings (SSSR count). The second kappa shape index (κ2) is 8.44. The van der Waals surface area contributed by atoms with Gasteiger partial charge in [0.05, 0.1) is 19.5 Å². The fourth-order valence-electron chi connectivity index (χ4n) is 2.71. The molecule has 4 aromatic rings. The van der Waals surface area contributed by atoms with Crippen LogP contribution < -0.4 is 9.47 Å². The van der Waals surface area contributed by atoms with E-state index in [1.807, 2.05) is 49.0 Å². The maximum absolute atomic E-state index is 5.85. The number of benzene rings is 1. The van der Waals surface area contributed by atoms with Crippen LogP contribution in [0.3, 0.4) is 0 Å². The average Bonchev–Trinajstić information content (AvgIpc) is 3.47. The summed E-state index contributed by atoms with van der Waals surface area (Å²) in [5.41, 5.74) is 0.737. The lowest BCUT2D eigenvalue weighted by Gasteiger charge is -2.09. The van der Waals surface area contributed by atoms with Crippen LogP contribution in [0, 0.1) is 0 Å². The third kappa shape index (κ3) is 4.14. The van der Waals surface area contributed by atoms with Gasteiger partial charge in [-0.3, -0.25) is 0 Å². The molecule has 1 aromatic carbocycles. The van der Waals surface area contributed by atoms with Crippen molar-refractivity contribution in [1.29, 1.82) is 0 Å². The molecule has 0 unspecified atom stereocenters. The van der Waals surface area contributed by atoms with E-state index >= 15 is 0 Å². The molecule has 8 nitrogen and oxygen atoms in total. The summed E-state index contributed by atoms with van der Waals surface area (Å²) in [5.74, 6) is 3.95. The Bertz CT molecular complexity index is 1100. The predicted molar refractivity (Wildman–Crippen MR) is 108 cm³/mol. The fourth-order valence-corrected chi connectivity index (χ4v) is 3.54. The van der Waals surface area contributed by atoms with Crippen LogP contribution in [0.2, 0.25) is 0 Å². The maximum atomic E-state index is 5.85. The van der Waals surface area contributed by atoms with E-state index in [1.54, 1.807) is 31.1 Å². The van der Waals surface area contributed by atoms with Crippen molar-refractivity contribution >= 4 is 11.8 Å². The first-order valence-corrected chi connectivity index (χ1v) is 10.0. The highest BCUT2D eigenvalue weighted by Gasteiger charge is 2.16. The van der Waals surface area contributed by atoms with E-state index in [1.165, 1.54) is 0 Å². The number of hydrogen-bond donors (Lipinski definition) is 0. The first-order chi connectivity index (χ1) is 14.2. The summed E-state index contributed by atoms with van der Waals surface area (Å²) in [6.07, 6.45) is 3.68. The van der Waals surface area contributed by atoms with E-state index in [2.05, 4.69) is 15.2 Å². The normalized spacial score (nSPS) is 11.0. The second-order valence-corrected chi connectivity index (χ2v) is 7.03. The largest absolute Gasteiger partial charge is 0.493 e. The van der Waals surface area contributed by atoms with Crippen molar-refractivity contribution in [2.24, 2.45) is 7.05 Å². The summed E-state index contributed by atoms with van der Waals surface area (Å²) in [7, 11) is 3.55. The van der Waals surface area contributed by atoms with Gasteiger partial charge in [0.15, 0.2) is 22.4 Å². The average molecular weight is 412 g/mol. The van der Waals surface area contributed by atoms with Crippen molar-refractivity contribution in [3.63, 3.8) is 0 Å². The van der Waals surface area contributed by atoms with Crippen LogP contribution >= 0.6 is 11.8 Å². The highest BCUT2D eigenvalue weighted by atomic mass is 32.2. The molecular formula is C20H20N4O4S. The fraction of sp³-hybridized carbons (Fsp3) is 0.250. The molecule has 0 aliphatic heterocycles. The molecular weight excluding hydrogens is 392 g/mol. The lowest BCUT2D eigenvalue weighted by Crippen LogP contribution is -1.95. The summed E-state index contributed by atoms with van der Waals surface area (Å²) in [4.78, 5) is 4.29. The number of nitrogens with zero attached hydrogens (tertiary/aromatic N) is 4. The van der Waals surface area contributed by atoms with Crippen molar-refractivity contribution in [1.82, 2.24) is 19.7 Å². The van der Waals surface area contributed by atoms with E-state index in [9.17, 15) is 0 Å². The summed E-state index contributed by atoms with van der Waals surface area (Å²) in [6, 6.07) is 9.20. The summed E-state index contributed by atoms with van der Waals surface area (Å²) in [6.45, 7) is 2.48.